The Balaban J connectivity index is 2.18. The molecule has 1 heterocycles. The van der Waals surface area contributed by atoms with E-state index < -0.39 is 0 Å². The van der Waals surface area contributed by atoms with Crippen LogP contribution in [0.5, 0.6) is 0 Å². The van der Waals surface area contributed by atoms with Gasteiger partial charge in [0.05, 0.1) is 26.2 Å². The van der Waals surface area contributed by atoms with Gasteiger partial charge >= 0.3 is 5.97 Å². The van der Waals surface area contributed by atoms with Gasteiger partial charge < -0.3 is 9.47 Å². The molecule has 3 heteroatoms. The summed E-state index contributed by atoms with van der Waals surface area (Å²) in [4.78, 5) is 10.9. The Labute approximate surface area is 66.7 Å². The van der Waals surface area contributed by atoms with Gasteiger partial charge in [0.1, 0.15) is 0 Å². The van der Waals surface area contributed by atoms with Crippen molar-refractivity contribution in [1.82, 2.24) is 0 Å². The molecule has 0 bridgehead atoms. The van der Waals surface area contributed by atoms with Crippen LogP contribution in [0.1, 0.15) is 13.3 Å². The van der Waals surface area contributed by atoms with Gasteiger partial charge in [0.15, 0.2) is 0 Å². The quantitative estimate of drug-likeness (QED) is 0.571. The van der Waals surface area contributed by atoms with Crippen molar-refractivity contribution < 1.29 is 14.3 Å². The molecule has 64 valence electrons. The Bertz CT molecular complexity index is 140. The van der Waals surface area contributed by atoms with Gasteiger partial charge in [-0.3, -0.25) is 4.79 Å². The molecule has 0 aliphatic carbocycles. The molecule has 0 unspecified atom stereocenters. The van der Waals surface area contributed by atoms with E-state index in [1.807, 2.05) is 6.92 Å². The van der Waals surface area contributed by atoms with Crippen LogP contribution in [0.3, 0.4) is 0 Å². The number of carbonyl (C=O) groups is 1. The summed E-state index contributed by atoms with van der Waals surface area (Å²) in [5, 5.41) is 0. The zero-order valence-electron chi connectivity index (χ0n) is 7.00. The van der Waals surface area contributed by atoms with Gasteiger partial charge in [0.25, 0.3) is 0 Å². The molecule has 1 aliphatic rings. The van der Waals surface area contributed by atoms with Gasteiger partial charge in [-0.15, -0.1) is 0 Å². The Hall–Kier alpha value is -0.570. The van der Waals surface area contributed by atoms with E-state index in [9.17, 15) is 4.79 Å². The molecule has 0 saturated carbocycles. The molecule has 1 fully saturated rings. The average Bonchev–Trinajstić information content (AvgIpc) is 1.94. The van der Waals surface area contributed by atoms with Crippen molar-refractivity contribution in [3.05, 3.63) is 0 Å². The molecule has 1 atom stereocenters. The molecule has 11 heavy (non-hydrogen) atoms. The van der Waals surface area contributed by atoms with E-state index in [0.29, 0.717) is 5.92 Å². The second-order valence-corrected chi connectivity index (χ2v) is 3.06. The third-order valence-electron chi connectivity index (χ3n) is 2.00. The van der Waals surface area contributed by atoms with Crippen LogP contribution in [0.2, 0.25) is 0 Å². The molecule has 1 rings (SSSR count). The van der Waals surface area contributed by atoms with E-state index >= 15 is 0 Å². The molecule has 1 saturated heterocycles. The zero-order chi connectivity index (χ0) is 8.27. The van der Waals surface area contributed by atoms with Gasteiger partial charge in [-0.1, -0.05) is 6.92 Å². The highest BCUT2D eigenvalue weighted by molar-refractivity contribution is 5.71. The van der Waals surface area contributed by atoms with Crippen molar-refractivity contribution in [2.24, 2.45) is 11.8 Å². The molecule has 0 aromatic heterocycles. The highest BCUT2D eigenvalue weighted by atomic mass is 16.5. The third kappa shape index (κ3) is 2.19. The second-order valence-electron chi connectivity index (χ2n) is 3.06. The Kier molecular flexibility index (Phi) is 2.88. The summed E-state index contributed by atoms with van der Waals surface area (Å²) in [6.07, 6.45) is 0.896. The summed E-state index contributed by atoms with van der Waals surface area (Å²) >= 11 is 0. The molecular formula is C8H14O3. The minimum absolute atomic E-state index is 0.0221. The normalized spacial score (nSPS) is 20.5. The van der Waals surface area contributed by atoms with E-state index in [-0.39, 0.29) is 11.9 Å². The van der Waals surface area contributed by atoms with Crippen LogP contribution < -0.4 is 0 Å². The van der Waals surface area contributed by atoms with Crippen molar-refractivity contribution >= 4 is 5.97 Å². The lowest BCUT2D eigenvalue weighted by Gasteiger charge is -2.27. The minimum Gasteiger partial charge on any atom is -0.469 e. The second kappa shape index (κ2) is 3.72. The number of hydrogen-bond donors (Lipinski definition) is 0. The summed E-state index contributed by atoms with van der Waals surface area (Å²) in [7, 11) is 1.43. The third-order valence-corrected chi connectivity index (χ3v) is 2.00. The number of carbonyl (C=O) groups excluding carboxylic acids is 1. The Morgan fingerprint density at radius 3 is 2.73 bits per heavy atom. The zero-order valence-corrected chi connectivity index (χ0v) is 7.00. The van der Waals surface area contributed by atoms with Crippen LogP contribution in [-0.2, 0) is 14.3 Å². The van der Waals surface area contributed by atoms with Crippen molar-refractivity contribution in [2.75, 3.05) is 20.3 Å². The number of rotatable bonds is 3. The van der Waals surface area contributed by atoms with Crippen molar-refractivity contribution in [2.45, 2.75) is 13.3 Å². The fraction of sp³-hybridized carbons (Fsp3) is 0.875. The first-order valence-corrected chi connectivity index (χ1v) is 3.89. The SMILES string of the molecule is COC(=O)[C@H](C)CC1COC1. The minimum atomic E-state index is -0.114. The van der Waals surface area contributed by atoms with Crippen LogP contribution in [0.4, 0.5) is 0 Å². The van der Waals surface area contributed by atoms with Crippen LogP contribution in [0.25, 0.3) is 0 Å². The number of methoxy groups -OCH3 is 1. The number of esters is 1. The maximum absolute atomic E-state index is 10.9. The lowest BCUT2D eigenvalue weighted by molar-refractivity contribution is -0.146. The van der Waals surface area contributed by atoms with E-state index in [1.165, 1.54) is 7.11 Å². The molecular weight excluding hydrogens is 144 g/mol. The van der Waals surface area contributed by atoms with Crippen LogP contribution in [0, 0.1) is 11.8 Å². The molecule has 0 aromatic carbocycles. The van der Waals surface area contributed by atoms with Crippen LogP contribution >= 0.6 is 0 Å². The Morgan fingerprint density at radius 2 is 2.36 bits per heavy atom. The summed E-state index contributed by atoms with van der Waals surface area (Å²) in [6, 6.07) is 0. The maximum atomic E-state index is 10.9. The predicted molar refractivity (Wildman–Crippen MR) is 40.1 cm³/mol. The van der Waals surface area contributed by atoms with Crippen molar-refractivity contribution in [3.63, 3.8) is 0 Å². The van der Waals surface area contributed by atoms with Gasteiger partial charge in [0, 0.05) is 5.92 Å². The largest absolute Gasteiger partial charge is 0.469 e. The molecule has 0 N–H and O–H groups in total. The van der Waals surface area contributed by atoms with Gasteiger partial charge in [-0.05, 0) is 6.42 Å². The van der Waals surface area contributed by atoms with Gasteiger partial charge in [-0.25, -0.2) is 0 Å². The topological polar surface area (TPSA) is 35.5 Å². The molecule has 3 nitrogen and oxygen atoms in total. The molecule has 1 aliphatic heterocycles. The van der Waals surface area contributed by atoms with Crippen LogP contribution in [0.15, 0.2) is 0 Å². The first kappa shape index (κ1) is 8.53. The lowest BCUT2D eigenvalue weighted by Crippen LogP contribution is -2.31. The van der Waals surface area contributed by atoms with E-state index in [4.69, 9.17) is 4.74 Å². The molecule has 0 spiro atoms. The fourth-order valence-corrected chi connectivity index (χ4v) is 1.22. The smallest absolute Gasteiger partial charge is 0.308 e. The number of ether oxygens (including phenoxy) is 2. The molecule has 0 amide bonds. The summed E-state index contributed by atoms with van der Waals surface area (Å²) in [5.74, 6) is 0.481. The number of hydrogen-bond acceptors (Lipinski definition) is 3. The van der Waals surface area contributed by atoms with Gasteiger partial charge in [0.2, 0.25) is 0 Å². The van der Waals surface area contributed by atoms with Crippen molar-refractivity contribution in [1.29, 1.82) is 0 Å². The monoisotopic (exact) mass is 158 g/mol. The standard InChI is InChI=1S/C8H14O3/c1-6(8(9)10-2)3-7-4-11-5-7/h6-7H,3-5H2,1-2H3/t6-/m1/s1. The Morgan fingerprint density at radius 1 is 1.73 bits per heavy atom. The summed E-state index contributed by atoms with van der Waals surface area (Å²) in [6.45, 7) is 3.51. The lowest BCUT2D eigenvalue weighted by atomic mass is 9.95. The van der Waals surface area contributed by atoms with Crippen molar-refractivity contribution in [3.8, 4) is 0 Å². The van der Waals surface area contributed by atoms with E-state index in [0.717, 1.165) is 19.6 Å². The summed E-state index contributed by atoms with van der Waals surface area (Å²) < 4.78 is 9.60. The highest BCUT2D eigenvalue weighted by Gasteiger charge is 2.24. The molecule has 0 aromatic rings. The summed E-state index contributed by atoms with van der Waals surface area (Å²) in [5.41, 5.74) is 0. The first-order valence-electron chi connectivity index (χ1n) is 3.89. The predicted octanol–water partition coefficient (Wildman–Crippen LogP) is 0.832. The fourth-order valence-electron chi connectivity index (χ4n) is 1.22. The molecule has 0 radical (unpaired) electrons. The van der Waals surface area contributed by atoms with Gasteiger partial charge in [-0.2, -0.15) is 0 Å². The highest BCUT2D eigenvalue weighted by Crippen LogP contribution is 2.20. The average molecular weight is 158 g/mol. The first-order chi connectivity index (χ1) is 5.24. The van der Waals surface area contributed by atoms with Crippen LogP contribution in [-0.4, -0.2) is 26.3 Å². The van der Waals surface area contributed by atoms with E-state index in [1.54, 1.807) is 0 Å². The van der Waals surface area contributed by atoms with E-state index in [2.05, 4.69) is 4.74 Å². The maximum Gasteiger partial charge on any atom is 0.308 e.